The van der Waals surface area contributed by atoms with Crippen LogP contribution in [0, 0.1) is 0 Å². The van der Waals surface area contributed by atoms with Crippen LogP contribution in [0.1, 0.15) is 0 Å². The molecule has 0 aliphatic carbocycles. The fourth-order valence-electron chi connectivity index (χ4n) is 7.17. The Bertz CT molecular complexity index is 2510. The molecular formula is C46H32N2. The van der Waals surface area contributed by atoms with Crippen LogP contribution >= 0.6 is 0 Å². The third kappa shape index (κ3) is 4.74. The van der Waals surface area contributed by atoms with Crippen molar-refractivity contribution in [3.63, 3.8) is 0 Å². The van der Waals surface area contributed by atoms with Crippen molar-refractivity contribution in [2.24, 2.45) is 0 Å². The predicted molar refractivity (Wildman–Crippen MR) is 204 cm³/mol. The number of benzene rings is 8. The molecule has 0 amide bonds. The Hall–Kier alpha value is -6.38. The summed E-state index contributed by atoms with van der Waals surface area (Å²) in [5, 5.41) is 5.09. The number of aromatic nitrogens is 1. The zero-order chi connectivity index (χ0) is 31.9. The second kappa shape index (κ2) is 11.8. The fraction of sp³-hybridized carbons (Fsp3) is 0. The molecule has 48 heavy (non-hydrogen) atoms. The van der Waals surface area contributed by atoms with Gasteiger partial charge in [0, 0.05) is 33.5 Å². The number of para-hydroxylation sites is 1. The van der Waals surface area contributed by atoms with Gasteiger partial charge in [0.2, 0.25) is 0 Å². The van der Waals surface area contributed by atoms with Gasteiger partial charge in [0.1, 0.15) is 0 Å². The smallest absolute Gasteiger partial charge is 0.0547 e. The molecule has 0 aliphatic heterocycles. The first-order valence-electron chi connectivity index (χ1n) is 16.4. The molecule has 226 valence electrons. The Kier molecular flexibility index (Phi) is 6.84. The molecule has 1 aromatic heterocycles. The van der Waals surface area contributed by atoms with Gasteiger partial charge in [0.25, 0.3) is 0 Å². The number of nitrogens with zero attached hydrogens (tertiary/aromatic N) is 2. The van der Waals surface area contributed by atoms with Crippen molar-refractivity contribution in [3.05, 3.63) is 194 Å². The quantitative estimate of drug-likeness (QED) is 0.181. The number of hydrogen-bond acceptors (Lipinski definition) is 1. The van der Waals surface area contributed by atoms with Gasteiger partial charge in [0.15, 0.2) is 0 Å². The zero-order valence-corrected chi connectivity index (χ0v) is 26.4. The van der Waals surface area contributed by atoms with Gasteiger partial charge in [-0.2, -0.15) is 0 Å². The van der Waals surface area contributed by atoms with Crippen LogP contribution in [0.2, 0.25) is 0 Å². The van der Waals surface area contributed by atoms with E-state index in [4.69, 9.17) is 0 Å². The van der Waals surface area contributed by atoms with Crippen molar-refractivity contribution in [1.29, 1.82) is 0 Å². The summed E-state index contributed by atoms with van der Waals surface area (Å²) in [6, 6.07) is 69.7. The molecule has 8 aromatic carbocycles. The van der Waals surface area contributed by atoms with Crippen LogP contribution in [0.4, 0.5) is 17.1 Å². The molecule has 9 aromatic rings. The van der Waals surface area contributed by atoms with Gasteiger partial charge < -0.3 is 9.47 Å². The van der Waals surface area contributed by atoms with E-state index in [-0.39, 0.29) is 0 Å². The average molecular weight is 613 g/mol. The van der Waals surface area contributed by atoms with Crippen molar-refractivity contribution in [2.45, 2.75) is 0 Å². The van der Waals surface area contributed by atoms with Crippen LogP contribution in [-0.2, 0) is 0 Å². The van der Waals surface area contributed by atoms with Crippen LogP contribution in [-0.4, -0.2) is 4.57 Å². The first kappa shape index (κ1) is 27.9. The summed E-state index contributed by atoms with van der Waals surface area (Å²) >= 11 is 0. The van der Waals surface area contributed by atoms with Gasteiger partial charge >= 0.3 is 0 Å². The average Bonchev–Trinajstić information content (AvgIpc) is 3.52. The highest BCUT2D eigenvalue weighted by Crippen LogP contribution is 2.42. The van der Waals surface area contributed by atoms with Crippen molar-refractivity contribution in [2.75, 3.05) is 4.90 Å². The molecule has 0 spiro atoms. The van der Waals surface area contributed by atoms with E-state index in [2.05, 4.69) is 204 Å². The Morgan fingerprint density at radius 1 is 0.333 bits per heavy atom. The highest BCUT2D eigenvalue weighted by atomic mass is 15.1. The normalized spacial score (nSPS) is 11.3. The lowest BCUT2D eigenvalue weighted by molar-refractivity contribution is 1.17. The minimum absolute atomic E-state index is 1.11. The summed E-state index contributed by atoms with van der Waals surface area (Å²) in [7, 11) is 0. The molecule has 0 N–H and O–H groups in total. The number of fused-ring (bicyclic) bond motifs is 5. The number of anilines is 3. The molecular weight excluding hydrogens is 581 g/mol. The highest BCUT2D eigenvalue weighted by Gasteiger charge is 2.19. The van der Waals surface area contributed by atoms with Gasteiger partial charge in [-0.1, -0.05) is 133 Å². The molecule has 0 aliphatic rings. The summed E-state index contributed by atoms with van der Waals surface area (Å²) in [5.74, 6) is 0. The minimum atomic E-state index is 1.11. The van der Waals surface area contributed by atoms with Crippen LogP contribution in [0.15, 0.2) is 194 Å². The number of rotatable bonds is 6. The maximum atomic E-state index is 2.43. The van der Waals surface area contributed by atoms with E-state index in [1.165, 1.54) is 54.8 Å². The van der Waals surface area contributed by atoms with Crippen molar-refractivity contribution >= 4 is 49.6 Å². The summed E-state index contributed by atoms with van der Waals surface area (Å²) < 4.78 is 2.43. The van der Waals surface area contributed by atoms with Crippen LogP contribution in [0.25, 0.3) is 60.5 Å². The molecule has 0 radical (unpaired) electrons. The lowest BCUT2D eigenvalue weighted by atomic mass is 9.97. The monoisotopic (exact) mass is 612 g/mol. The van der Waals surface area contributed by atoms with Crippen molar-refractivity contribution in [3.8, 4) is 27.9 Å². The molecule has 2 heteroatoms. The summed E-state index contributed by atoms with van der Waals surface area (Å²) in [5.41, 5.74) is 11.8. The summed E-state index contributed by atoms with van der Waals surface area (Å²) in [6.07, 6.45) is 0. The SMILES string of the molecule is c1ccc(-c2ccc(N(c3ccccc3)c3ccc(-n4c5cccc(-c6ccccc6)c5c5c6ccccc6ccc54)cc3)cc2)cc1. The van der Waals surface area contributed by atoms with Crippen LogP contribution < -0.4 is 4.90 Å². The van der Waals surface area contributed by atoms with Gasteiger partial charge in [-0.25, -0.2) is 0 Å². The molecule has 1 heterocycles. The molecule has 0 saturated heterocycles. The maximum Gasteiger partial charge on any atom is 0.0547 e. The first-order valence-corrected chi connectivity index (χ1v) is 16.4. The highest BCUT2D eigenvalue weighted by molar-refractivity contribution is 6.25. The van der Waals surface area contributed by atoms with Gasteiger partial charge in [-0.3, -0.25) is 0 Å². The van der Waals surface area contributed by atoms with Gasteiger partial charge in [0.05, 0.1) is 11.0 Å². The number of hydrogen-bond donors (Lipinski definition) is 0. The second-order valence-electron chi connectivity index (χ2n) is 12.2. The first-order chi connectivity index (χ1) is 23.8. The molecule has 0 saturated carbocycles. The lowest BCUT2D eigenvalue weighted by Gasteiger charge is -2.26. The van der Waals surface area contributed by atoms with E-state index in [1.54, 1.807) is 0 Å². The van der Waals surface area contributed by atoms with E-state index in [0.29, 0.717) is 0 Å². The Balaban J connectivity index is 1.21. The van der Waals surface area contributed by atoms with E-state index in [9.17, 15) is 0 Å². The van der Waals surface area contributed by atoms with Crippen LogP contribution in [0.5, 0.6) is 0 Å². The lowest BCUT2D eigenvalue weighted by Crippen LogP contribution is -2.10. The fourth-order valence-corrected chi connectivity index (χ4v) is 7.17. The molecule has 0 unspecified atom stereocenters. The predicted octanol–water partition coefficient (Wildman–Crippen LogP) is 12.7. The van der Waals surface area contributed by atoms with Crippen LogP contribution in [0.3, 0.4) is 0 Å². The molecule has 0 atom stereocenters. The van der Waals surface area contributed by atoms with E-state index < -0.39 is 0 Å². The second-order valence-corrected chi connectivity index (χ2v) is 12.2. The Labute approximate surface area is 280 Å². The van der Waals surface area contributed by atoms with Crippen molar-refractivity contribution < 1.29 is 0 Å². The largest absolute Gasteiger partial charge is 0.311 e. The third-order valence-corrected chi connectivity index (χ3v) is 9.38. The van der Waals surface area contributed by atoms with Gasteiger partial charge in [-0.05, 0) is 93.7 Å². The third-order valence-electron chi connectivity index (χ3n) is 9.38. The van der Waals surface area contributed by atoms with E-state index in [1.807, 2.05) is 0 Å². The Morgan fingerprint density at radius 2 is 0.875 bits per heavy atom. The molecule has 0 fully saturated rings. The van der Waals surface area contributed by atoms with E-state index in [0.717, 1.165) is 22.7 Å². The van der Waals surface area contributed by atoms with Crippen molar-refractivity contribution in [1.82, 2.24) is 4.57 Å². The van der Waals surface area contributed by atoms with E-state index >= 15 is 0 Å². The molecule has 0 bridgehead atoms. The van der Waals surface area contributed by atoms with Gasteiger partial charge in [-0.15, -0.1) is 0 Å². The molecule has 9 rings (SSSR count). The summed E-state index contributed by atoms with van der Waals surface area (Å²) in [4.78, 5) is 2.32. The standard InChI is InChI=1S/C46H32N2/c1-4-13-33(14-5-1)34-23-26-38(27-24-34)47(37-18-8-3-9-19-37)39-28-30-40(31-29-39)48-43-22-12-21-42(35-15-6-2-7-16-35)45(43)46-41-20-11-10-17-36(41)25-32-44(46)48/h1-32H. The Morgan fingerprint density at radius 3 is 1.58 bits per heavy atom. The molecule has 2 nitrogen and oxygen atoms in total. The zero-order valence-electron chi connectivity index (χ0n) is 26.4. The maximum absolute atomic E-state index is 2.43. The minimum Gasteiger partial charge on any atom is -0.311 e. The summed E-state index contributed by atoms with van der Waals surface area (Å²) in [6.45, 7) is 0. The topological polar surface area (TPSA) is 8.17 Å².